The maximum Gasteiger partial charge on any atom is 0.241 e. The van der Waals surface area contributed by atoms with Gasteiger partial charge in [-0.05, 0) is 37.3 Å². The molecule has 0 radical (unpaired) electrons. The van der Waals surface area contributed by atoms with Crippen molar-refractivity contribution in [1.82, 2.24) is 0 Å². The van der Waals surface area contributed by atoms with E-state index in [-0.39, 0.29) is 21.8 Å². The fourth-order valence-corrected chi connectivity index (χ4v) is 3.59. The second-order valence-corrected chi connectivity index (χ2v) is 7.92. The minimum atomic E-state index is -3.95. The van der Waals surface area contributed by atoms with Crippen LogP contribution in [0.2, 0.25) is 0 Å². The van der Waals surface area contributed by atoms with E-state index in [2.05, 4.69) is 5.32 Å². The van der Waals surface area contributed by atoms with Gasteiger partial charge < -0.3 is 10.1 Å². The molecule has 6 nitrogen and oxygen atoms in total. The van der Waals surface area contributed by atoms with Crippen LogP contribution in [0.5, 0.6) is 5.75 Å². The van der Waals surface area contributed by atoms with Crippen molar-refractivity contribution < 1.29 is 17.9 Å². The zero-order valence-corrected chi connectivity index (χ0v) is 14.9. The fraction of sp³-hybridized carbons (Fsp3) is 0.188. The Morgan fingerprint density at radius 2 is 1.88 bits per heavy atom. The number of hydrogen-bond donors (Lipinski definition) is 2. The Kier molecular flexibility index (Phi) is 5.87. The Balaban J connectivity index is 2.14. The summed E-state index contributed by atoms with van der Waals surface area (Å²) >= 11 is 1.41. The topological polar surface area (TPSA) is 98.5 Å². The number of carbonyl (C=O) groups excluding carboxylic acids is 1. The highest BCUT2D eigenvalue weighted by molar-refractivity contribution is 8.00. The van der Waals surface area contributed by atoms with Gasteiger partial charge in [-0.2, -0.15) is 0 Å². The third kappa shape index (κ3) is 4.73. The van der Waals surface area contributed by atoms with Crippen molar-refractivity contribution in [3.63, 3.8) is 0 Å². The molecule has 0 saturated carbocycles. The number of anilines is 1. The number of methoxy groups -OCH3 is 1. The quantitative estimate of drug-likeness (QED) is 0.765. The molecule has 8 heteroatoms. The number of benzene rings is 2. The summed E-state index contributed by atoms with van der Waals surface area (Å²) in [6.07, 6.45) is 0. The molecule has 0 spiro atoms. The number of carbonyl (C=O) groups is 1. The number of hydrogen-bond acceptors (Lipinski definition) is 5. The SMILES string of the molecule is COc1ccc(NC(=O)[C@H](C)Sc2ccccc2)cc1S(N)(=O)=O. The Labute approximate surface area is 145 Å². The lowest BCUT2D eigenvalue weighted by Crippen LogP contribution is -2.22. The molecule has 0 saturated heterocycles. The summed E-state index contributed by atoms with van der Waals surface area (Å²) < 4.78 is 28.2. The number of thioether (sulfide) groups is 1. The van der Waals surface area contributed by atoms with Crippen molar-refractivity contribution in [2.45, 2.75) is 22.0 Å². The van der Waals surface area contributed by atoms with E-state index >= 15 is 0 Å². The van der Waals surface area contributed by atoms with Gasteiger partial charge >= 0.3 is 0 Å². The van der Waals surface area contributed by atoms with Crippen LogP contribution in [0.25, 0.3) is 0 Å². The first-order valence-corrected chi connectivity index (χ1v) is 9.47. The van der Waals surface area contributed by atoms with Crippen LogP contribution in [0.4, 0.5) is 5.69 Å². The molecular formula is C16H18N2O4S2. The van der Waals surface area contributed by atoms with E-state index in [0.717, 1.165) is 4.90 Å². The van der Waals surface area contributed by atoms with Gasteiger partial charge in [0.1, 0.15) is 10.6 Å². The minimum absolute atomic E-state index is 0.127. The second-order valence-electron chi connectivity index (χ2n) is 4.97. The molecule has 0 fully saturated rings. The Morgan fingerprint density at radius 1 is 1.21 bits per heavy atom. The smallest absolute Gasteiger partial charge is 0.241 e. The number of ether oxygens (including phenoxy) is 1. The molecule has 2 rings (SSSR count). The van der Waals surface area contributed by atoms with E-state index in [1.807, 2.05) is 30.3 Å². The lowest BCUT2D eigenvalue weighted by atomic mass is 10.3. The molecule has 0 unspecified atom stereocenters. The predicted molar refractivity (Wildman–Crippen MR) is 94.8 cm³/mol. The summed E-state index contributed by atoms with van der Waals surface area (Å²) in [6.45, 7) is 1.77. The van der Waals surface area contributed by atoms with Gasteiger partial charge in [0.2, 0.25) is 15.9 Å². The van der Waals surface area contributed by atoms with Gasteiger partial charge in [0.25, 0.3) is 0 Å². The Bertz CT molecular complexity index is 823. The van der Waals surface area contributed by atoms with Crippen molar-refractivity contribution in [3.05, 3.63) is 48.5 Å². The van der Waals surface area contributed by atoms with Crippen LogP contribution >= 0.6 is 11.8 Å². The number of sulfonamides is 1. The third-order valence-corrected chi connectivity index (χ3v) is 5.21. The highest BCUT2D eigenvalue weighted by Gasteiger charge is 2.18. The summed E-state index contributed by atoms with van der Waals surface area (Å²) in [5, 5.41) is 7.51. The molecule has 0 bridgehead atoms. The van der Waals surface area contributed by atoms with Crippen molar-refractivity contribution in [3.8, 4) is 5.75 Å². The van der Waals surface area contributed by atoms with Crippen molar-refractivity contribution in [2.75, 3.05) is 12.4 Å². The second kappa shape index (κ2) is 7.69. The normalized spacial score (nSPS) is 12.5. The fourth-order valence-electron chi connectivity index (χ4n) is 1.98. The average molecular weight is 366 g/mol. The van der Waals surface area contributed by atoms with E-state index < -0.39 is 10.0 Å². The van der Waals surface area contributed by atoms with Crippen LogP contribution in [0, 0.1) is 0 Å². The molecule has 0 heterocycles. The van der Waals surface area contributed by atoms with E-state index in [1.54, 1.807) is 13.0 Å². The van der Waals surface area contributed by atoms with E-state index in [0.29, 0.717) is 5.69 Å². The first-order chi connectivity index (χ1) is 11.3. The average Bonchev–Trinajstić information content (AvgIpc) is 2.55. The zero-order chi connectivity index (χ0) is 17.7. The molecule has 1 amide bonds. The molecule has 1 atom stereocenters. The van der Waals surface area contributed by atoms with Gasteiger partial charge in [-0.25, -0.2) is 13.6 Å². The molecule has 24 heavy (non-hydrogen) atoms. The number of nitrogens with two attached hydrogens (primary N) is 1. The molecule has 0 aliphatic rings. The minimum Gasteiger partial charge on any atom is -0.495 e. The molecule has 2 aromatic rings. The van der Waals surface area contributed by atoms with Crippen LogP contribution in [-0.4, -0.2) is 26.7 Å². The maximum absolute atomic E-state index is 12.3. The van der Waals surface area contributed by atoms with E-state index in [9.17, 15) is 13.2 Å². The van der Waals surface area contributed by atoms with Gasteiger partial charge in [0.05, 0.1) is 12.4 Å². The van der Waals surface area contributed by atoms with Gasteiger partial charge in [-0.15, -0.1) is 11.8 Å². The number of nitrogens with one attached hydrogen (secondary N) is 1. The first kappa shape index (κ1) is 18.3. The van der Waals surface area contributed by atoms with Gasteiger partial charge in [0, 0.05) is 10.6 Å². The number of primary sulfonamides is 1. The Morgan fingerprint density at radius 3 is 2.46 bits per heavy atom. The lowest BCUT2D eigenvalue weighted by Gasteiger charge is -2.13. The molecule has 0 aliphatic carbocycles. The highest BCUT2D eigenvalue weighted by Crippen LogP contribution is 2.27. The lowest BCUT2D eigenvalue weighted by molar-refractivity contribution is -0.115. The van der Waals surface area contributed by atoms with Crippen molar-refractivity contribution >= 4 is 33.4 Å². The number of rotatable bonds is 6. The van der Waals surface area contributed by atoms with Crippen molar-refractivity contribution in [1.29, 1.82) is 0 Å². The monoisotopic (exact) mass is 366 g/mol. The number of amides is 1. The molecule has 128 valence electrons. The van der Waals surface area contributed by atoms with E-state index in [1.165, 1.54) is 31.0 Å². The summed E-state index contributed by atoms with van der Waals surface area (Å²) in [7, 11) is -2.61. The molecular weight excluding hydrogens is 348 g/mol. The summed E-state index contributed by atoms with van der Waals surface area (Å²) in [5.41, 5.74) is 0.338. The molecule has 3 N–H and O–H groups in total. The summed E-state index contributed by atoms with van der Waals surface area (Å²) in [4.78, 5) is 13.1. The standard InChI is InChI=1S/C16H18N2O4S2/c1-11(23-13-6-4-3-5-7-13)16(19)18-12-8-9-14(22-2)15(10-12)24(17,20)21/h3-11H,1-2H3,(H,18,19)(H2,17,20,21)/t11-/m0/s1. The van der Waals surface area contributed by atoms with Crippen LogP contribution in [0.3, 0.4) is 0 Å². The highest BCUT2D eigenvalue weighted by atomic mass is 32.2. The van der Waals surface area contributed by atoms with Crippen molar-refractivity contribution in [2.24, 2.45) is 5.14 Å². The Hall–Kier alpha value is -2.03. The van der Waals surface area contributed by atoms with Crippen LogP contribution in [0.15, 0.2) is 58.3 Å². The molecule has 2 aromatic carbocycles. The van der Waals surface area contributed by atoms with Crippen LogP contribution in [-0.2, 0) is 14.8 Å². The van der Waals surface area contributed by atoms with Gasteiger partial charge in [-0.3, -0.25) is 4.79 Å². The van der Waals surface area contributed by atoms with E-state index in [4.69, 9.17) is 9.88 Å². The largest absolute Gasteiger partial charge is 0.495 e. The summed E-state index contributed by atoms with van der Waals surface area (Å²) in [6, 6.07) is 13.8. The molecule has 0 aromatic heterocycles. The third-order valence-electron chi connectivity index (χ3n) is 3.16. The summed E-state index contributed by atoms with van der Waals surface area (Å²) in [5.74, 6) is -0.114. The van der Waals surface area contributed by atoms with Crippen LogP contribution in [0.1, 0.15) is 6.92 Å². The van der Waals surface area contributed by atoms with Gasteiger partial charge in [-0.1, -0.05) is 18.2 Å². The zero-order valence-electron chi connectivity index (χ0n) is 13.2. The van der Waals surface area contributed by atoms with Gasteiger partial charge in [0.15, 0.2) is 0 Å². The molecule has 0 aliphatic heterocycles. The first-order valence-electron chi connectivity index (χ1n) is 7.04. The van der Waals surface area contributed by atoms with Crippen LogP contribution < -0.4 is 15.2 Å². The predicted octanol–water partition coefficient (Wildman–Crippen LogP) is 2.46. The maximum atomic E-state index is 12.3.